The summed E-state index contributed by atoms with van der Waals surface area (Å²) in [5.41, 5.74) is 1.96. The summed E-state index contributed by atoms with van der Waals surface area (Å²) in [5, 5.41) is 3.40. The monoisotopic (exact) mass is 517 g/mol. The van der Waals surface area contributed by atoms with E-state index in [-0.39, 0.29) is 11.8 Å². The molecule has 32 heavy (non-hydrogen) atoms. The Morgan fingerprint density at radius 1 is 1.09 bits per heavy atom. The summed E-state index contributed by atoms with van der Waals surface area (Å²) in [6.07, 6.45) is 1.50. The van der Waals surface area contributed by atoms with Gasteiger partial charge in [0.25, 0.3) is 11.8 Å². The van der Waals surface area contributed by atoms with E-state index in [0.717, 1.165) is 5.69 Å². The van der Waals surface area contributed by atoms with Gasteiger partial charge in [-0.05, 0) is 64.5 Å². The molecule has 3 aromatic rings. The number of carbonyl (C=O) groups is 2. The number of hydrogen-bond acceptors (Lipinski definition) is 5. The minimum absolute atomic E-state index is 0.107. The fraction of sp³-hybridized carbons (Fsp3) is 0.217. The van der Waals surface area contributed by atoms with Crippen molar-refractivity contribution in [3.8, 4) is 5.75 Å². The van der Waals surface area contributed by atoms with E-state index in [4.69, 9.17) is 20.8 Å². The van der Waals surface area contributed by atoms with Crippen LogP contribution in [0.2, 0.25) is 5.02 Å². The number of halogens is 2. The van der Waals surface area contributed by atoms with Crippen LogP contribution in [0.3, 0.4) is 0 Å². The average Bonchev–Trinajstić information content (AvgIpc) is 3.34. The zero-order valence-corrected chi connectivity index (χ0v) is 19.6. The van der Waals surface area contributed by atoms with Crippen molar-refractivity contribution in [2.45, 2.75) is 0 Å². The van der Waals surface area contributed by atoms with Crippen molar-refractivity contribution in [3.63, 3.8) is 0 Å². The van der Waals surface area contributed by atoms with Crippen LogP contribution in [-0.2, 0) is 0 Å². The molecule has 2 aromatic carbocycles. The lowest BCUT2D eigenvalue weighted by Crippen LogP contribution is -2.48. The van der Waals surface area contributed by atoms with Crippen LogP contribution >= 0.6 is 27.5 Å². The van der Waals surface area contributed by atoms with E-state index in [1.54, 1.807) is 48.4 Å². The summed E-state index contributed by atoms with van der Waals surface area (Å²) in [6.45, 7) is 2.44. The van der Waals surface area contributed by atoms with Gasteiger partial charge >= 0.3 is 0 Å². The third-order valence-corrected chi connectivity index (χ3v) is 6.18. The number of amides is 2. The molecule has 1 N–H and O–H groups in total. The van der Waals surface area contributed by atoms with Crippen molar-refractivity contribution < 1.29 is 18.7 Å². The second-order valence-corrected chi connectivity index (χ2v) is 8.49. The highest BCUT2D eigenvalue weighted by Gasteiger charge is 2.24. The van der Waals surface area contributed by atoms with Crippen LogP contribution in [-0.4, -0.2) is 50.0 Å². The van der Waals surface area contributed by atoms with E-state index in [9.17, 15) is 9.59 Å². The molecule has 7 nitrogen and oxygen atoms in total. The second-order valence-electron chi connectivity index (χ2n) is 7.23. The summed E-state index contributed by atoms with van der Waals surface area (Å²) in [5.74, 6) is 0.645. The van der Waals surface area contributed by atoms with Gasteiger partial charge in [-0.15, -0.1) is 0 Å². The van der Waals surface area contributed by atoms with E-state index in [2.05, 4.69) is 26.1 Å². The van der Waals surface area contributed by atoms with Crippen LogP contribution in [0.1, 0.15) is 20.9 Å². The van der Waals surface area contributed by atoms with Gasteiger partial charge < -0.3 is 24.3 Å². The van der Waals surface area contributed by atoms with E-state index in [1.165, 1.54) is 6.26 Å². The van der Waals surface area contributed by atoms with Crippen LogP contribution in [0.5, 0.6) is 5.75 Å². The quantitative estimate of drug-likeness (QED) is 0.519. The van der Waals surface area contributed by atoms with Crippen LogP contribution in [0.4, 0.5) is 11.4 Å². The number of rotatable bonds is 5. The molecule has 2 amide bonds. The van der Waals surface area contributed by atoms with Gasteiger partial charge in [0.15, 0.2) is 5.76 Å². The van der Waals surface area contributed by atoms with E-state index < -0.39 is 0 Å². The number of methoxy groups -OCH3 is 1. The first-order valence-corrected chi connectivity index (χ1v) is 11.2. The van der Waals surface area contributed by atoms with Gasteiger partial charge in [0.1, 0.15) is 5.75 Å². The summed E-state index contributed by atoms with van der Waals surface area (Å²) in [4.78, 5) is 28.9. The molecule has 166 valence electrons. The molecule has 1 aliphatic heterocycles. The molecule has 0 saturated carbocycles. The number of hydrogen-bond donors (Lipinski definition) is 1. The van der Waals surface area contributed by atoms with E-state index >= 15 is 0 Å². The molecule has 4 rings (SSSR count). The number of anilines is 2. The summed E-state index contributed by atoms with van der Waals surface area (Å²) in [7, 11) is 1.57. The van der Waals surface area contributed by atoms with Crippen molar-refractivity contribution in [1.29, 1.82) is 0 Å². The largest absolute Gasteiger partial charge is 0.496 e. The van der Waals surface area contributed by atoms with E-state index in [0.29, 0.717) is 58.4 Å². The molecule has 1 saturated heterocycles. The van der Waals surface area contributed by atoms with Crippen molar-refractivity contribution >= 4 is 50.7 Å². The summed E-state index contributed by atoms with van der Waals surface area (Å²) in [6, 6.07) is 13.9. The van der Waals surface area contributed by atoms with Gasteiger partial charge in [-0.1, -0.05) is 11.6 Å². The van der Waals surface area contributed by atoms with Crippen molar-refractivity contribution in [3.05, 3.63) is 75.6 Å². The zero-order valence-electron chi connectivity index (χ0n) is 17.3. The molecule has 1 fully saturated rings. The predicted molar refractivity (Wildman–Crippen MR) is 127 cm³/mol. The molecule has 0 bridgehead atoms. The molecule has 0 radical (unpaired) electrons. The minimum Gasteiger partial charge on any atom is -0.496 e. The predicted octanol–water partition coefficient (Wildman–Crippen LogP) is 4.92. The maximum Gasteiger partial charge on any atom is 0.289 e. The van der Waals surface area contributed by atoms with Crippen LogP contribution < -0.4 is 15.0 Å². The van der Waals surface area contributed by atoms with E-state index in [1.807, 2.05) is 12.1 Å². The number of benzene rings is 2. The summed E-state index contributed by atoms with van der Waals surface area (Å²) >= 11 is 9.91. The lowest BCUT2D eigenvalue weighted by Gasteiger charge is -2.36. The van der Waals surface area contributed by atoms with Gasteiger partial charge in [-0.2, -0.15) is 0 Å². The fourth-order valence-electron chi connectivity index (χ4n) is 3.56. The van der Waals surface area contributed by atoms with Gasteiger partial charge in [-0.3, -0.25) is 9.59 Å². The molecule has 0 atom stereocenters. The van der Waals surface area contributed by atoms with Gasteiger partial charge in [0.2, 0.25) is 0 Å². The maximum atomic E-state index is 12.6. The Labute approximate surface area is 199 Å². The molecular formula is C23H21BrClN3O4. The Hall–Kier alpha value is -2.97. The lowest BCUT2D eigenvalue weighted by molar-refractivity contribution is 0.0714. The highest BCUT2D eigenvalue weighted by molar-refractivity contribution is 9.10. The number of nitrogens with zero attached hydrogens (tertiary/aromatic N) is 2. The highest BCUT2D eigenvalue weighted by atomic mass is 79.9. The number of carbonyl (C=O) groups excluding carboxylic acids is 2. The molecule has 0 unspecified atom stereocenters. The first-order valence-electron chi connectivity index (χ1n) is 9.98. The molecule has 0 aliphatic carbocycles. The first-order chi connectivity index (χ1) is 15.5. The van der Waals surface area contributed by atoms with Crippen molar-refractivity contribution in [2.75, 3.05) is 43.5 Å². The zero-order chi connectivity index (χ0) is 22.7. The molecule has 9 heteroatoms. The minimum atomic E-state index is -0.248. The molecule has 2 heterocycles. The van der Waals surface area contributed by atoms with Crippen LogP contribution in [0.15, 0.2) is 63.7 Å². The molecule has 0 spiro atoms. The van der Waals surface area contributed by atoms with Gasteiger partial charge in [-0.25, -0.2) is 0 Å². The normalized spacial score (nSPS) is 13.7. The number of piperazine rings is 1. The third-order valence-electron chi connectivity index (χ3n) is 5.26. The fourth-order valence-corrected chi connectivity index (χ4v) is 4.40. The standard InChI is InChI=1S/C23H21BrClN3O4/c1-31-20-7-4-15(13-17(20)24)22(29)26-16-5-6-19(18(25)14-16)27-8-10-28(11-9-27)23(30)21-3-2-12-32-21/h2-7,12-14H,8-11H2,1H3,(H,26,29). The number of ether oxygens (including phenoxy) is 1. The highest BCUT2D eigenvalue weighted by Crippen LogP contribution is 2.31. The van der Waals surface area contributed by atoms with Gasteiger partial charge in [0.05, 0.1) is 28.6 Å². The smallest absolute Gasteiger partial charge is 0.289 e. The van der Waals surface area contributed by atoms with Crippen molar-refractivity contribution in [2.24, 2.45) is 0 Å². The molecular weight excluding hydrogens is 498 g/mol. The summed E-state index contributed by atoms with van der Waals surface area (Å²) < 4.78 is 11.1. The molecule has 1 aliphatic rings. The second kappa shape index (κ2) is 9.67. The lowest BCUT2D eigenvalue weighted by atomic mass is 10.2. The molecule has 1 aromatic heterocycles. The van der Waals surface area contributed by atoms with Crippen molar-refractivity contribution in [1.82, 2.24) is 4.90 Å². The average molecular weight is 519 g/mol. The topological polar surface area (TPSA) is 75.0 Å². The first kappa shape index (κ1) is 22.2. The Kier molecular flexibility index (Phi) is 6.72. The Bertz CT molecular complexity index is 1130. The Morgan fingerprint density at radius 2 is 1.88 bits per heavy atom. The Morgan fingerprint density at radius 3 is 2.50 bits per heavy atom. The van der Waals surface area contributed by atoms with Gasteiger partial charge in [0, 0.05) is 37.4 Å². The third kappa shape index (κ3) is 4.76. The SMILES string of the molecule is COc1ccc(C(=O)Nc2ccc(N3CCN(C(=O)c4ccco4)CC3)c(Cl)c2)cc1Br. The number of nitrogens with one attached hydrogen (secondary N) is 1. The number of furan rings is 1. The van der Waals surface area contributed by atoms with Crippen LogP contribution in [0.25, 0.3) is 0 Å². The maximum absolute atomic E-state index is 12.6. The van der Waals surface area contributed by atoms with Crippen LogP contribution in [0, 0.1) is 0 Å². The Balaban J connectivity index is 1.39.